The van der Waals surface area contributed by atoms with Crippen molar-refractivity contribution in [2.24, 2.45) is 0 Å². The number of hydrogen-bond acceptors (Lipinski definition) is 4. The highest BCUT2D eigenvalue weighted by Crippen LogP contribution is 2.27. The molecule has 5 heteroatoms. The molecule has 1 aliphatic rings. The van der Waals surface area contributed by atoms with Crippen LogP contribution in [0.3, 0.4) is 0 Å². The van der Waals surface area contributed by atoms with Gasteiger partial charge in [0, 0.05) is 12.7 Å². The average Bonchev–Trinajstić information content (AvgIpc) is 2.53. The van der Waals surface area contributed by atoms with Crippen molar-refractivity contribution in [1.29, 1.82) is 0 Å². The number of nitrogens with zero attached hydrogens (tertiary/aromatic N) is 1. The molecule has 1 aromatic heterocycles. The Morgan fingerprint density at radius 2 is 2.24 bits per heavy atom. The third-order valence-electron chi connectivity index (χ3n) is 3.62. The fraction of sp³-hybridized carbons (Fsp3) is 0.250. The fourth-order valence-corrected chi connectivity index (χ4v) is 2.57. The van der Waals surface area contributed by atoms with Crippen LogP contribution in [-0.2, 0) is 11.2 Å². The van der Waals surface area contributed by atoms with Crippen molar-refractivity contribution < 1.29 is 14.6 Å². The van der Waals surface area contributed by atoms with Crippen molar-refractivity contribution >= 4 is 11.7 Å². The maximum atomic E-state index is 11.2. The van der Waals surface area contributed by atoms with Crippen LogP contribution >= 0.6 is 0 Å². The number of benzene rings is 1. The van der Waals surface area contributed by atoms with E-state index >= 15 is 0 Å². The number of aromatic nitrogens is 1. The number of carboxylic acids is 1. The summed E-state index contributed by atoms with van der Waals surface area (Å²) in [6.45, 7) is 1.20. The summed E-state index contributed by atoms with van der Waals surface area (Å²) in [5.41, 5.74) is 3.18. The fourth-order valence-electron chi connectivity index (χ4n) is 2.57. The highest BCUT2D eigenvalue weighted by atomic mass is 16.5. The second-order valence-corrected chi connectivity index (χ2v) is 4.92. The van der Waals surface area contributed by atoms with Gasteiger partial charge in [-0.25, -0.2) is 4.79 Å². The number of carboxylic acid groups (broad SMARTS) is 1. The topological polar surface area (TPSA) is 71.5 Å². The van der Waals surface area contributed by atoms with Crippen LogP contribution in [-0.4, -0.2) is 29.2 Å². The van der Waals surface area contributed by atoms with Crippen LogP contribution in [0.5, 0.6) is 0 Å². The maximum absolute atomic E-state index is 11.2. The van der Waals surface area contributed by atoms with Crippen molar-refractivity contribution in [3.05, 3.63) is 59.4 Å². The van der Waals surface area contributed by atoms with E-state index in [2.05, 4.69) is 22.4 Å². The first-order valence-electron chi connectivity index (χ1n) is 6.86. The van der Waals surface area contributed by atoms with E-state index in [9.17, 15) is 4.79 Å². The van der Waals surface area contributed by atoms with Crippen molar-refractivity contribution in [3.8, 4) is 0 Å². The Morgan fingerprint density at radius 3 is 3.10 bits per heavy atom. The van der Waals surface area contributed by atoms with Gasteiger partial charge in [-0.2, -0.15) is 0 Å². The second-order valence-electron chi connectivity index (χ2n) is 4.92. The third-order valence-corrected chi connectivity index (χ3v) is 3.62. The molecule has 0 saturated carbocycles. The molecule has 0 spiro atoms. The highest BCUT2D eigenvalue weighted by Gasteiger charge is 2.20. The van der Waals surface area contributed by atoms with E-state index < -0.39 is 5.97 Å². The molecule has 2 heterocycles. The van der Waals surface area contributed by atoms with Crippen molar-refractivity contribution in [3.63, 3.8) is 0 Å². The zero-order valence-corrected chi connectivity index (χ0v) is 11.5. The Labute approximate surface area is 122 Å². The number of anilines is 1. The maximum Gasteiger partial charge on any atom is 0.337 e. The van der Waals surface area contributed by atoms with Crippen LogP contribution in [0.4, 0.5) is 5.69 Å². The van der Waals surface area contributed by atoms with Gasteiger partial charge in [0.2, 0.25) is 0 Å². The molecule has 0 radical (unpaired) electrons. The summed E-state index contributed by atoms with van der Waals surface area (Å²) in [5.74, 6) is -0.968. The quantitative estimate of drug-likeness (QED) is 0.902. The summed E-state index contributed by atoms with van der Waals surface area (Å²) in [5, 5.41) is 12.3. The standard InChI is InChI=1S/C16H16N2O3/c19-16(20)13-5-7-17-9-14(13)18-10-15-12-4-2-1-3-11(12)6-8-21-15/h1-5,7,9,15,18H,6,8,10H2,(H,19,20). The highest BCUT2D eigenvalue weighted by molar-refractivity contribution is 5.93. The van der Waals surface area contributed by atoms with Gasteiger partial charge in [0.05, 0.1) is 30.2 Å². The van der Waals surface area contributed by atoms with E-state index in [1.165, 1.54) is 24.0 Å². The summed E-state index contributed by atoms with van der Waals surface area (Å²) in [7, 11) is 0. The normalized spacial score (nSPS) is 17.0. The Kier molecular flexibility index (Phi) is 3.83. The number of nitrogens with one attached hydrogen (secondary N) is 1. The minimum Gasteiger partial charge on any atom is -0.478 e. The van der Waals surface area contributed by atoms with Gasteiger partial charge in [-0.3, -0.25) is 4.98 Å². The molecule has 1 aliphatic heterocycles. The number of fused-ring (bicyclic) bond motifs is 1. The van der Waals surface area contributed by atoms with Gasteiger partial charge in [0.15, 0.2) is 0 Å². The minimum absolute atomic E-state index is 0.0724. The predicted molar refractivity (Wildman–Crippen MR) is 78.5 cm³/mol. The molecule has 5 nitrogen and oxygen atoms in total. The first-order chi connectivity index (χ1) is 10.3. The van der Waals surface area contributed by atoms with E-state index in [4.69, 9.17) is 9.84 Å². The van der Waals surface area contributed by atoms with Gasteiger partial charge in [0.25, 0.3) is 0 Å². The summed E-state index contributed by atoms with van der Waals surface area (Å²) < 4.78 is 5.80. The molecule has 0 amide bonds. The van der Waals surface area contributed by atoms with Gasteiger partial charge in [-0.15, -0.1) is 0 Å². The number of hydrogen-bond donors (Lipinski definition) is 2. The number of carbonyl (C=O) groups is 1. The number of aromatic carboxylic acids is 1. The molecule has 1 unspecified atom stereocenters. The van der Waals surface area contributed by atoms with Crippen LogP contribution < -0.4 is 5.32 Å². The molecule has 0 bridgehead atoms. The van der Waals surface area contributed by atoms with Gasteiger partial charge in [-0.1, -0.05) is 24.3 Å². The van der Waals surface area contributed by atoms with Gasteiger partial charge < -0.3 is 15.2 Å². The number of pyridine rings is 1. The predicted octanol–water partition coefficient (Wildman–Crippen LogP) is 2.51. The molecular weight excluding hydrogens is 268 g/mol. The van der Waals surface area contributed by atoms with E-state index in [0.717, 1.165) is 12.0 Å². The molecule has 108 valence electrons. The SMILES string of the molecule is O=C(O)c1ccncc1NCC1OCCc2ccccc21. The van der Waals surface area contributed by atoms with Crippen LogP contribution in [0.15, 0.2) is 42.7 Å². The molecular formula is C16H16N2O3. The lowest BCUT2D eigenvalue weighted by Crippen LogP contribution is -2.23. The summed E-state index contributed by atoms with van der Waals surface area (Å²) in [6.07, 6.45) is 3.84. The molecule has 21 heavy (non-hydrogen) atoms. The van der Waals surface area contributed by atoms with Gasteiger partial charge in [0.1, 0.15) is 0 Å². The second kappa shape index (κ2) is 5.93. The minimum atomic E-state index is -0.968. The summed E-state index contributed by atoms with van der Waals surface area (Å²) >= 11 is 0. The average molecular weight is 284 g/mol. The lowest BCUT2D eigenvalue weighted by Gasteiger charge is -2.26. The lowest BCUT2D eigenvalue weighted by molar-refractivity contribution is 0.0512. The zero-order chi connectivity index (χ0) is 14.7. The van der Waals surface area contributed by atoms with Gasteiger partial charge >= 0.3 is 5.97 Å². The Hall–Kier alpha value is -2.40. The van der Waals surface area contributed by atoms with Gasteiger partial charge in [-0.05, 0) is 23.6 Å². The Bertz CT molecular complexity index is 657. The third kappa shape index (κ3) is 2.87. The molecule has 2 N–H and O–H groups in total. The molecule has 1 atom stereocenters. The van der Waals surface area contributed by atoms with E-state index in [-0.39, 0.29) is 11.7 Å². The van der Waals surface area contributed by atoms with Crippen LogP contribution in [0.25, 0.3) is 0 Å². The molecule has 1 aromatic carbocycles. The van der Waals surface area contributed by atoms with E-state index in [1.54, 1.807) is 0 Å². The van der Waals surface area contributed by atoms with Crippen LogP contribution in [0.1, 0.15) is 27.6 Å². The van der Waals surface area contributed by atoms with Crippen molar-refractivity contribution in [1.82, 2.24) is 4.98 Å². The van der Waals surface area contributed by atoms with Crippen molar-refractivity contribution in [2.75, 3.05) is 18.5 Å². The number of rotatable bonds is 4. The summed E-state index contributed by atoms with van der Waals surface area (Å²) in [4.78, 5) is 15.1. The van der Waals surface area contributed by atoms with Crippen molar-refractivity contribution in [2.45, 2.75) is 12.5 Å². The lowest BCUT2D eigenvalue weighted by atomic mass is 9.97. The van der Waals surface area contributed by atoms with E-state index in [0.29, 0.717) is 18.8 Å². The Balaban J connectivity index is 1.76. The zero-order valence-electron chi connectivity index (χ0n) is 11.5. The van der Waals surface area contributed by atoms with Crippen LogP contribution in [0.2, 0.25) is 0 Å². The Morgan fingerprint density at radius 1 is 1.38 bits per heavy atom. The molecule has 3 rings (SSSR count). The smallest absolute Gasteiger partial charge is 0.337 e. The van der Waals surface area contributed by atoms with Crippen LogP contribution in [0, 0.1) is 0 Å². The molecule has 0 aliphatic carbocycles. The van der Waals surface area contributed by atoms with E-state index in [1.807, 2.05) is 12.1 Å². The first-order valence-corrected chi connectivity index (χ1v) is 6.86. The monoisotopic (exact) mass is 284 g/mol. The molecule has 0 saturated heterocycles. The largest absolute Gasteiger partial charge is 0.478 e. The molecule has 2 aromatic rings. The molecule has 0 fully saturated rings. The summed E-state index contributed by atoms with van der Waals surface area (Å²) in [6, 6.07) is 9.67. The first kappa shape index (κ1) is 13.6. The number of ether oxygens (including phenoxy) is 1.